The van der Waals surface area contributed by atoms with E-state index in [1.165, 1.54) is 0 Å². The van der Waals surface area contributed by atoms with E-state index in [1.54, 1.807) is 11.8 Å². The lowest BCUT2D eigenvalue weighted by molar-refractivity contribution is 0.276. The van der Waals surface area contributed by atoms with Crippen LogP contribution in [-0.2, 0) is 6.61 Å². The lowest BCUT2D eigenvalue weighted by Crippen LogP contribution is -2.03. The number of aliphatic hydroxyl groups is 1. The summed E-state index contributed by atoms with van der Waals surface area (Å²) in [4.78, 5) is 0. The predicted octanol–water partition coefficient (Wildman–Crippen LogP) is 1.39. The SMILES string of the molecule is COc1ccc(C)cc1-n1nnc(CO)c1C. The Morgan fingerprint density at radius 2 is 2.12 bits per heavy atom. The van der Waals surface area contributed by atoms with Crippen LogP contribution in [0.5, 0.6) is 5.75 Å². The molecule has 1 N–H and O–H groups in total. The van der Waals surface area contributed by atoms with Gasteiger partial charge in [-0.15, -0.1) is 5.10 Å². The topological polar surface area (TPSA) is 60.2 Å². The van der Waals surface area contributed by atoms with E-state index in [-0.39, 0.29) is 6.61 Å². The third kappa shape index (κ3) is 2.01. The first-order valence-corrected chi connectivity index (χ1v) is 5.34. The smallest absolute Gasteiger partial charge is 0.144 e. The molecule has 0 atom stereocenters. The molecule has 0 spiro atoms. The first-order chi connectivity index (χ1) is 8.17. The van der Waals surface area contributed by atoms with Gasteiger partial charge in [0.15, 0.2) is 0 Å². The minimum Gasteiger partial charge on any atom is -0.494 e. The maximum absolute atomic E-state index is 9.11. The highest BCUT2D eigenvalue weighted by atomic mass is 16.5. The number of aryl methyl sites for hydroxylation is 1. The minimum absolute atomic E-state index is 0.111. The Morgan fingerprint density at radius 3 is 2.71 bits per heavy atom. The van der Waals surface area contributed by atoms with Gasteiger partial charge in [-0.2, -0.15) is 0 Å². The number of benzene rings is 1. The second-order valence-corrected chi connectivity index (χ2v) is 3.87. The van der Waals surface area contributed by atoms with Crippen LogP contribution in [0.15, 0.2) is 18.2 Å². The van der Waals surface area contributed by atoms with E-state index in [0.29, 0.717) is 5.69 Å². The van der Waals surface area contributed by atoms with Gasteiger partial charge in [0, 0.05) is 0 Å². The van der Waals surface area contributed by atoms with Gasteiger partial charge in [0.1, 0.15) is 17.1 Å². The molecule has 0 aliphatic carbocycles. The Hall–Kier alpha value is -1.88. The van der Waals surface area contributed by atoms with E-state index in [4.69, 9.17) is 9.84 Å². The number of rotatable bonds is 3. The molecule has 0 aliphatic heterocycles. The molecular weight excluding hydrogens is 218 g/mol. The van der Waals surface area contributed by atoms with Gasteiger partial charge in [-0.25, -0.2) is 4.68 Å². The predicted molar refractivity (Wildman–Crippen MR) is 63.3 cm³/mol. The van der Waals surface area contributed by atoms with Gasteiger partial charge in [-0.1, -0.05) is 11.3 Å². The lowest BCUT2D eigenvalue weighted by Gasteiger charge is -2.10. The van der Waals surface area contributed by atoms with Crippen molar-refractivity contribution >= 4 is 0 Å². The molecule has 90 valence electrons. The van der Waals surface area contributed by atoms with Crippen LogP contribution in [0, 0.1) is 13.8 Å². The summed E-state index contributed by atoms with van der Waals surface area (Å²) in [7, 11) is 1.62. The molecule has 2 rings (SSSR count). The van der Waals surface area contributed by atoms with Gasteiger partial charge in [0.05, 0.1) is 19.4 Å². The van der Waals surface area contributed by atoms with Crippen molar-refractivity contribution in [2.75, 3.05) is 7.11 Å². The normalized spacial score (nSPS) is 10.6. The van der Waals surface area contributed by atoms with Gasteiger partial charge in [-0.3, -0.25) is 0 Å². The van der Waals surface area contributed by atoms with E-state index in [0.717, 1.165) is 22.7 Å². The van der Waals surface area contributed by atoms with Crippen LogP contribution < -0.4 is 4.74 Å². The number of aromatic nitrogens is 3. The standard InChI is InChI=1S/C12H15N3O2/c1-8-4-5-12(17-3)11(6-8)15-9(2)10(7-16)13-14-15/h4-6,16H,7H2,1-3H3. The number of hydrogen-bond donors (Lipinski definition) is 1. The summed E-state index contributed by atoms with van der Waals surface area (Å²) in [6.45, 7) is 3.76. The maximum atomic E-state index is 9.11. The maximum Gasteiger partial charge on any atom is 0.144 e. The van der Waals surface area contributed by atoms with E-state index in [9.17, 15) is 0 Å². The molecule has 0 saturated heterocycles. The molecule has 0 saturated carbocycles. The third-order valence-corrected chi connectivity index (χ3v) is 2.70. The monoisotopic (exact) mass is 233 g/mol. The molecule has 0 amide bonds. The van der Waals surface area contributed by atoms with Crippen LogP contribution in [-0.4, -0.2) is 27.2 Å². The summed E-state index contributed by atoms with van der Waals surface area (Å²) in [5, 5.41) is 17.1. The molecule has 0 fully saturated rings. The Bertz CT molecular complexity index is 535. The van der Waals surface area contributed by atoms with Crippen molar-refractivity contribution in [1.82, 2.24) is 15.0 Å². The quantitative estimate of drug-likeness (QED) is 0.870. The Labute approximate surface area is 99.7 Å². The van der Waals surface area contributed by atoms with E-state index < -0.39 is 0 Å². The van der Waals surface area contributed by atoms with E-state index in [1.807, 2.05) is 32.0 Å². The third-order valence-electron chi connectivity index (χ3n) is 2.70. The number of methoxy groups -OCH3 is 1. The van der Waals surface area contributed by atoms with Gasteiger partial charge < -0.3 is 9.84 Å². The van der Waals surface area contributed by atoms with Crippen molar-refractivity contribution < 1.29 is 9.84 Å². The number of nitrogens with zero attached hydrogens (tertiary/aromatic N) is 3. The summed E-state index contributed by atoms with van der Waals surface area (Å²) in [6, 6.07) is 5.84. The highest BCUT2D eigenvalue weighted by molar-refractivity contribution is 5.49. The summed E-state index contributed by atoms with van der Waals surface area (Å²) in [5.74, 6) is 0.730. The summed E-state index contributed by atoms with van der Waals surface area (Å²) < 4.78 is 6.98. The summed E-state index contributed by atoms with van der Waals surface area (Å²) in [5.41, 5.74) is 3.34. The second kappa shape index (κ2) is 4.55. The summed E-state index contributed by atoms with van der Waals surface area (Å²) in [6.07, 6.45) is 0. The van der Waals surface area contributed by atoms with Crippen LogP contribution in [0.2, 0.25) is 0 Å². The fourth-order valence-corrected chi connectivity index (χ4v) is 1.70. The van der Waals surface area contributed by atoms with Crippen LogP contribution >= 0.6 is 0 Å². The van der Waals surface area contributed by atoms with E-state index >= 15 is 0 Å². The highest BCUT2D eigenvalue weighted by Crippen LogP contribution is 2.24. The van der Waals surface area contributed by atoms with E-state index in [2.05, 4.69) is 10.3 Å². The molecule has 1 aromatic heterocycles. The van der Waals surface area contributed by atoms with Crippen LogP contribution in [0.3, 0.4) is 0 Å². The Morgan fingerprint density at radius 1 is 1.35 bits per heavy atom. The molecular formula is C12H15N3O2. The molecule has 5 nitrogen and oxygen atoms in total. The minimum atomic E-state index is -0.111. The molecule has 0 radical (unpaired) electrons. The lowest BCUT2D eigenvalue weighted by atomic mass is 10.2. The summed E-state index contributed by atoms with van der Waals surface area (Å²) >= 11 is 0. The molecule has 0 bridgehead atoms. The number of hydrogen-bond acceptors (Lipinski definition) is 4. The van der Waals surface area contributed by atoms with Crippen LogP contribution in [0.4, 0.5) is 0 Å². The fraction of sp³-hybridized carbons (Fsp3) is 0.333. The zero-order valence-electron chi connectivity index (χ0n) is 10.1. The average Bonchev–Trinajstić information content (AvgIpc) is 2.70. The molecule has 5 heteroatoms. The first kappa shape index (κ1) is 11.6. The molecule has 17 heavy (non-hydrogen) atoms. The van der Waals surface area contributed by atoms with Crippen molar-refractivity contribution in [2.45, 2.75) is 20.5 Å². The molecule has 2 aromatic rings. The first-order valence-electron chi connectivity index (χ1n) is 5.34. The van der Waals surface area contributed by atoms with Crippen LogP contribution in [0.25, 0.3) is 5.69 Å². The Kier molecular flexibility index (Phi) is 3.10. The average molecular weight is 233 g/mol. The molecule has 0 unspecified atom stereocenters. The number of aliphatic hydroxyl groups excluding tert-OH is 1. The van der Waals surface area contributed by atoms with Crippen molar-refractivity contribution in [3.8, 4) is 11.4 Å². The molecule has 1 heterocycles. The van der Waals surface area contributed by atoms with Gasteiger partial charge in [0.25, 0.3) is 0 Å². The molecule has 1 aromatic carbocycles. The number of ether oxygens (including phenoxy) is 1. The Balaban J connectivity index is 2.58. The van der Waals surface area contributed by atoms with Crippen molar-refractivity contribution in [2.24, 2.45) is 0 Å². The van der Waals surface area contributed by atoms with Crippen molar-refractivity contribution in [3.63, 3.8) is 0 Å². The van der Waals surface area contributed by atoms with Gasteiger partial charge in [-0.05, 0) is 31.5 Å². The van der Waals surface area contributed by atoms with Crippen molar-refractivity contribution in [3.05, 3.63) is 35.2 Å². The van der Waals surface area contributed by atoms with Crippen molar-refractivity contribution in [1.29, 1.82) is 0 Å². The highest BCUT2D eigenvalue weighted by Gasteiger charge is 2.12. The zero-order valence-corrected chi connectivity index (χ0v) is 10.1. The van der Waals surface area contributed by atoms with Crippen LogP contribution in [0.1, 0.15) is 17.0 Å². The van der Waals surface area contributed by atoms with Gasteiger partial charge >= 0.3 is 0 Å². The van der Waals surface area contributed by atoms with Gasteiger partial charge in [0.2, 0.25) is 0 Å². The fourth-order valence-electron chi connectivity index (χ4n) is 1.70. The largest absolute Gasteiger partial charge is 0.494 e. The second-order valence-electron chi connectivity index (χ2n) is 3.87. The zero-order chi connectivity index (χ0) is 12.4. The molecule has 0 aliphatic rings.